The summed E-state index contributed by atoms with van der Waals surface area (Å²) in [6, 6.07) is 3.82. The van der Waals surface area contributed by atoms with Crippen LogP contribution in [0.4, 0.5) is 5.69 Å². The second-order valence-electron chi connectivity index (χ2n) is 9.31. The van der Waals surface area contributed by atoms with Crippen LogP contribution in [0.15, 0.2) is 36.9 Å². The number of carbonyl (C=O) groups excluding carboxylic acids is 1. The molecule has 0 aromatic carbocycles. The van der Waals surface area contributed by atoms with Crippen LogP contribution in [0.1, 0.15) is 67.0 Å². The van der Waals surface area contributed by atoms with Gasteiger partial charge in [0.25, 0.3) is 5.91 Å². The molecule has 2 aliphatic rings. The Hall–Kier alpha value is -2.76. The molecule has 1 amide bonds. The average Bonchev–Trinajstić information content (AvgIpc) is 3.63. The number of rotatable bonds is 12. The Bertz CT molecular complexity index is 1180. The van der Waals surface area contributed by atoms with Gasteiger partial charge in [-0.25, -0.2) is 9.97 Å². The Morgan fingerprint density at radius 1 is 1.22 bits per heavy atom. The van der Waals surface area contributed by atoms with Gasteiger partial charge in [0.1, 0.15) is 5.69 Å². The van der Waals surface area contributed by atoms with Crippen LogP contribution in [0.25, 0.3) is 10.6 Å². The monoisotopic (exact) mass is 539 g/mol. The number of hydrogen-bond donors (Lipinski definition) is 2. The summed E-state index contributed by atoms with van der Waals surface area (Å²) in [6.45, 7) is 5.57. The van der Waals surface area contributed by atoms with Crippen LogP contribution in [0.3, 0.4) is 0 Å². The van der Waals surface area contributed by atoms with Crippen LogP contribution in [0, 0.1) is 0 Å². The second kappa shape index (κ2) is 12.7. The van der Waals surface area contributed by atoms with Crippen molar-refractivity contribution in [3.63, 3.8) is 0 Å². The highest BCUT2D eigenvalue weighted by Gasteiger charge is 2.24. The molecule has 1 saturated carbocycles. The van der Waals surface area contributed by atoms with Crippen molar-refractivity contribution in [2.45, 2.75) is 56.7 Å². The molecule has 1 unspecified atom stereocenters. The minimum atomic E-state index is -0.212. The molecule has 196 valence electrons. The van der Waals surface area contributed by atoms with E-state index in [1.54, 1.807) is 30.5 Å². The molecule has 11 heteroatoms. The zero-order valence-electron chi connectivity index (χ0n) is 21.1. The fourth-order valence-corrected chi connectivity index (χ4v) is 5.81. The Morgan fingerprint density at radius 2 is 2.08 bits per heavy atom. The van der Waals surface area contributed by atoms with Crippen LogP contribution in [-0.4, -0.2) is 62.2 Å². The topological polar surface area (TPSA) is 105 Å². The number of pyridine rings is 1. The molecular formula is C26H33N7O2S2. The quantitative estimate of drug-likeness (QED) is 0.309. The van der Waals surface area contributed by atoms with E-state index in [1.165, 1.54) is 43.4 Å². The number of aromatic nitrogens is 4. The molecule has 1 atom stereocenters. The lowest BCUT2D eigenvalue weighted by Crippen LogP contribution is -2.35. The molecule has 37 heavy (non-hydrogen) atoms. The highest BCUT2D eigenvalue weighted by molar-refractivity contribution is 8.01. The molecule has 3 aromatic rings. The maximum atomic E-state index is 13.3. The highest BCUT2D eigenvalue weighted by atomic mass is 32.2. The van der Waals surface area contributed by atoms with Gasteiger partial charge in [0.15, 0.2) is 5.01 Å². The normalized spacial score (nSPS) is 16.8. The van der Waals surface area contributed by atoms with Crippen LogP contribution >= 0.6 is 23.3 Å². The number of nitrogens with zero attached hydrogens (tertiary/aromatic N) is 5. The summed E-state index contributed by atoms with van der Waals surface area (Å²) >= 11 is 3.06. The summed E-state index contributed by atoms with van der Waals surface area (Å²) in [4.78, 5) is 34.3. The van der Waals surface area contributed by atoms with E-state index in [1.807, 2.05) is 19.2 Å². The first-order chi connectivity index (χ1) is 18.2. The summed E-state index contributed by atoms with van der Waals surface area (Å²) in [7, 11) is 0. The summed E-state index contributed by atoms with van der Waals surface area (Å²) in [5.74, 6) is 0.248. The molecule has 1 aliphatic heterocycles. The zero-order valence-corrected chi connectivity index (χ0v) is 22.7. The fourth-order valence-electron chi connectivity index (χ4n) is 4.23. The maximum Gasteiger partial charge on any atom is 0.280 e. The van der Waals surface area contributed by atoms with Crippen LogP contribution < -0.4 is 14.8 Å². The summed E-state index contributed by atoms with van der Waals surface area (Å²) in [5.41, 5.74) is 2.51. The molecule has 3 aromatic heterocycles. The molecule has 2 N–H and O–H groups in total. The van der Waals surface area contributed by atoms with Crippen molar-refractivity contribution < 1.29 is 9.53 Å². The van der Waals surface area contributed by atoms with Crippen LogP contribution in [0.5, 0.6) is 5.88 Å². The number of nitrogens with one attached hydrogen (secondary N) is 2. The van der Waals surface area contributed by atoms with Gasteiger partial charge < -0.3 is 19.7 Å². The largest absolute Gasteiger partial charge is 0.477 e. The molecule has 2 fully saturated rings. The lowest BCUT2D eigenvalue weighted by Gasteiger charge is -2.28. The molecule has 0 radical (unpaired) electrons. The van der Waals surface area contributed by atoms with E-state index in [4.69, 9.17) is 4.74 Å². The van der Waals surface area contributed by atoms with E-state index in [0.717, 1.165) is 42.3 Å². The summed E-state index contributed by atoms with van der Waals surface area (Å²) in [5, 5.41) is 4.30. The second-order valence-corrected chi connectivity index (χ2v) is 11.4. The summed E-state index contributed by atoms with van der Waals surface area (Å²) < 4.78 is 8.91. The highest BCUT2D eigenvalue weighted by Crippen LogP contribution is 2.34. The minimum absolute atomic E-state index is 0.207. The number of anilines is 1. The van der Waals surface area contributed by atoms with E-state index >= 15 is 0 Å². The SMILES string of the molecule is CCOc1cncc(-c2cnc(C(=O)NC(CCN3CCCCC3)c3cc(NSC4CC4)ccn3)s2)n1. The van der Waals surface area contributed by atoms with Crippen molar-refractivity contribution in [1.82, 2.24) is 30.2 Å². The standard InChI is InChI=1S/C26H33N7O2S2/c1-2-35-24-17-27-15-22(30-24)23-16-29-26(36-23)25(34)31-20(9-13-33-11-4-3-5-12-33)21-14-18(8-10-28-21)32-37-19-6-7-19/h8,10,14-17,19-20H,2-7,9,11-13H2,1H3,(H,28,32)(H,31,34). The summed E-state index contributed by atoms with van der Waals surface area (Å²) in [6.07, 6.45) is 13.8. The average molecular weight is 540 g/mol. The van der Waals surface area contributed by atoms with Gasteiger partial charge in [-0.3, -0.25) is 14.8 Å². The van der Waals surface area contributed by atoms with E-state index in [2.05, 4.69) is 40.9 Å². The Kier molecular flexibility index (Phi) is 8.85. The molecule has 1 aliphatic carbocycles. The molecule has 0 spiro atoms. The smallest absolute Gasteiger partial charge is 0.280 e. The Labute approximate surface area is 226 Å². The first kappa shape index (κ1) is 25.9. The van der Waals surface area contributed by atoms with Gasteiger partial charge in [0.2, 0.25) is 5.88 Å². The van der Waals surface area contributed by atoms with Gasteiger partial charge in [0.05, 0.1) is 35.6 Å². The molecular weight excluding hydrogens is 506 g/mol. The van der Waals surface area contributed by atoms with Crippen molar-refractivity contribution in [2.24, 2.45) is 0 Å². The molecule has 4 heterocycles. The number of ether oxygens (including phenoxy) is 1. The van der Waals surface area contributed by atoms with E-state index in [0.29, 0.717) is 28.4 Å². The van der Waals surface area contributed by atoms with Gasteiger partial charge in [-0.15, -0.1) is 11.3 Å². The predicted molar refractivity (Wildman–Crippen MR) is 148 cm³/mol. The molecule has 1 saturated heterocycles. The van der Waals surface area contributed by atoms with Crippen molar-refractivity contribution in [2.75, 3.05) is 31.0 Å². The third-order valence-corrected chi connectivity index (χ3v) is 8.53. The third-order valence-electron chi connectivity index (χ3n) is 6.35. The predicted octanol–water partition coefficient (Wildman–Crippen LogP) is 4.96. The zero-order chi connectivity index (χ0) is 25.5. The molecule has 9 nitrogen and oxygen atoms in total. The van der Waals surface area contributed by atoms with Gasteiger partial charge in [-0.2, -0.15) is 0 Å². The number of hydrogen-bond acceptors (Lipinski definition) is 10. The maximum absolute atomic E-state index is 13.3. The number of piperidine rings is 1. The fraction of sp³-hybridized carbons (Fsp3) is 0.500. The molecule has 5 rings (SSSR count). The van der Waals surface area contributed by atoms with Gasteiger partial charge in [-0.1, -0.05) is 6.42 Å². The van der Waals surface area contributed by atoms with Gasteiger partial charge in [0, 0.05) is 29.9 Å². The van der Waals surface area contributed by atoms with Crippen molar-refractivity contribution in [1.29, 1.82) is 0 Å². The van der Waals surface area contributed by atoms with Gasteiger partial charge >= 0.3 is 0 Å². The Balaban J connectivity index is 1.29. The first-order valence-corrected chi connectivity index (χ1v) is 14.7. The third kappa shape index (κ3) is 7.39. The van der Waals surface area contributed by atoms with Crippen molar-refractivity contribution >= 4 is 34.9 Å². The van der Waals surface area contributed by atoms with Gasteiger partial charge in [-0.05, 0) is 76.2 Å². The van der Waals surface area contributed by atoms with Crippen LogP contribution in [-0.2, 0) is 0 Å². The molecule has 0 bridgehead atoms. The van der Waals surface area contributed by atoms with Crippen molar-refractivity contribution in [3.05, 3.63) is 47.6 Å². The minimum Gasteiger partial charge on any atom is -0.477 e. The van der Waals surface area contributed by atoms with E-state index in [9.17, 15) is 4.79 Å². The Morgan fingerprint density at radius 3 is 2.89 bits per heavy atom. The first-order valence-electron chi connectivity index (χ1n) is 13.0. The lowest BCUT2D eigenvalue weighted by atomic mass is 10.1. The van der Waals surface area contributed by atoms with E-state index in [-0.39, 0.29) is 11.9 Å². The lowest BCUT2D eigenvalue weighted by molar-refractivity contribution is 0.0928. The number of likely N-dealkylation sites (tertiary alicyclic amines) is 1. The van der Waals surface area contributed by atoms with E-state index < -0.39 is 0 Å². The number of thiazole rings is 1. The van der Waals surface area contributed by atoms with Crippen LogP contribution in [0.2, 0.25) is 0 Å². The number of carbonyl (C=O) groups is 1. The van der Waals surface area contributed by atoms with Crippen molar-refractivity contribution in [3.8, 4) is 16.5 Å². The number of amides is 1.